The fourth-order valence-electron chi connectivity index (χ4n) is 1.34. The second-order valence-electron chi connectivity index (χ2n) is 2.90. The Morgan fingerprint density at radius 2 is 2.38 bits per heavy atom. The van der Waals surface area contributed by atoms with Crippen LogP contribution in [0.2, 0.25) is 0 Å². The van der Waals surface area contributed by atoms with Crippen molar-refractivity contribution in [1.82, 2.24) is 0 Å². The number of nitro benzene ring substituents is 1. The first-order valence-corrected chi connectivity index (χ1v) is 3.85. The van der Waals surface area contributed by atoms with E-state index in [9.17, 15) is 10.1 Å². The molecule has 0 radical (unpaired) electrons. The van der Waals surface area contributed by atoms with Crippen molar-refractivity contribution in [3.05, 3.63) is 33.9 Å². The Morgan fingerprint density at radius 1 is 1.62 bits per heavy atom. The van der Waals surface area contributed by atoms with Gasteiger partial charge >= 0.3 is 0 Å². The van der Waals surface area contributed by atoms with Gasteiger partial charge in [-0.3, -0.25) is 10.1 Å². The highest BCUT2D eigenvalue weighted by Gasteiger charge is 2.22. The molecule has 0 saturated carbocycles. The van der Waals surface area contributed by atoms with Crippen molar-refractivity contribution in [2.24, 2.45) is 5.73 Å². The Hall–Kier alpha value is -1.62. The van der Waals surface area contributed by atoms with E-state index in [4.69, 9.17) is 10.5 Å². The van der Waals surface area contributed by atoms with Gasteiger partial charge in [0.15, 0.2) is 0 Å². The lowest BCUT2D eigenvalue weighted by Gasteiger charge is -1.98. The number of nitrogens with zero attached hydrogens (tertiary/aromatic N) is 1. The third kappa shape index (κ3) is 1.23. The average molecular weight is 180 g/mol. The minimum Gasteiger partial charge on any atom is -0.491 e. The third-order valence-corrected chi connectivity index (χ3v) is 2.03. The minimum atomic E-state index is -0.451. The molecule has 2 N–H and O–H groups in total. The molecule has 1 aliphatic heterocycles. The fraction of sp³-hybridized carbons (Fsp3) is 0.250. The molecule has 1 aromatic carbocycles. The van der Waals surface area contributed by atoms with Crippen LogP contribution in [-0.4, -0.2) is 11.5 Å². The molecule has 1 aromatic rings. The van der Waals surface area contributed by atoms with Gasteiger partial charge in [-0.2, -0.15) is 0 Å². The van der Waals surface area contributed by atoms with E-state index >= 15 is 0 Å². The zero-order valence-electron chi connectivity index (χ0n) is 6.77. The summed E-state index contributed by atoms with van der Waals surface area (Å²) >= 11 is 0. The van der Waals surface area contributed by atoms with Gasteiger partial charge in [-0.05, 0) is 6.07 Å². The van der Waals surface area contributed by atoms with Gasteiger partial charge in [0.1, 0.15) is 12.4 Å². The van der Waals surface area contributed by atoms with Crippen LogP contribution in [0, 0.1) is 10.1 Å². The standard InChI is InChI=1S/C8H8N2O3/c9-7-4-13-8-3-5(10(11)12)1-2-6(7)8/h1-3,7H,4,9H2/t7-/m0/s1. The van der Waals surface area contributed by atoms with Gasteiger partial charge < -0.3 is 10.5 Å². The highest BCUT2D eigenvalue weighted by molar-refractivity contribution is 5.47. The van der Waals surface area contributed by atoms with Crippen molar-refractivity contribution in [3.63, 3.8) is 0 Å². The number of fused-ring (bicyclic) bond motifs is 1. The predicted molar refractivity (Wildman–Crippen MR) is 45.5 cm³/mol. The Balaban J connectivity index is 2.45. The van der Waals surface area contributed by atoms with Crippen LogP contribution < -0.4 is 10.5 Å². The number of ether oxygens (including phenoxy) is 1. The lowest BCUT2D eigenvalue weighted by molar-refractivity contribution is -0.384. The number of nitro groups is 1. The molecular weight excluding hydrogens is 172 g/mol. The summed E-state index contributed by atoms with van der Waals surface area (Å²) in [7, 11) is 0. The third-order valence-electron chi connectivity index (χ3n) is 2.03. The van der Waals surface area contributed by atoms with E-state index in [1.165, 1.54) is 12.1 Å². The lowest BCUT2D eigenvalue weighted by atomic mass is 10.1. The van der Waals surface area contributed by atoms with Gasteiger partial charge in [0.05, 0.1) is 17.0 Å². The van der Waals surface area contributed by atoms with E-state index in [2.05, 4.69) is 0 Å². The SMILES string of the molecule is N[C@H]1COc2cc([N+](=O)[O-])ccc21. The van der Waals surface area contributed by atoms with Crippen LogP contribution in [0.1, 0.15) is 11.6 Å². The molecule has 0 amide bonds. The average Bonchev–Trinajstić information content (AvgIpc) is 2.47. The second-order valence-corrected chi connectivity index (χ2v) is 2.90. The molecule has 5 heteroatoms. The number of non-ortho nitro benzene ring substituents is 1. The topological polar surface area (TPSA) is 78.4 Å². The van der Waals surface area contributed by atoms with E-state index in [0.29, 0.717) is 12.4 Å². The van der Waals surface area contributed by atoms with Crippen LogP contribution in [0.3, 0.4) is 0 Å². The van der Waals surface area contributed by atoms with E-state index in [-0.39, 0.29) is 11.7 Å². The van der Waals surface area contributed by atoms with Gasteiger partial charge in [-0.25, -0.2) is 0 Å². The first-order chi connectivity index (χ1) is 6.18. The second kappa shape index (κ2) is 2.70. The number of nitrogens with two attached hydrogens (primary N) is 1. The molecule has 0 saturated heterocycles. The molecule has 0 aromatic heterocycles. The monoisotopic (exact) mass is 180 g/mol. The lowest BCUT2D eigenvalue weighted by Crippen LogP contribution is -2.10. The van der Waals surface area contributed by atoms with Gasteiger partial charge in [0, 0.05) is 11.6 Å². The molecule has 13 heavy (non-hydrogen) atoms. The molecule has 2 rings (SSSR count). The van der Waals surface area contributed by atoms with Crippen LogP contribution in [0.5, 0.6) is 5.75 Å². The number of rotatable bonds is 1. The van der Waals surface area contributed by atoms with Crippen molar-refractivity contribution in [2.75, 3.05) is 6.61 Å². The molecule has 0 bridgehead atoms. The van der Waals surface area contributed by atoms with Crippen molar-refractivity contribution in [3.8, 4) is 5.75 Å². The highest BCUT2D eigenvalue weighted by atomic mass is 16.6. The zero-order valence-corrected chi connectivity index (χ0v) is 6.77. The van der Waals surface area contributed by atoms with Crippen LogP contribution in [0.4, 0.5) is 5.69 Å². The maximum absolute atomic E-state index is 10.4. The van der Waals surface area contributed by atoms with Crippen LogP contribution in [0.25, 0.3) is 0 Å². The Morgan fingerprint density at radius 3 is 3.08 bits per heavy atom. The van der Waals surface area contributed by atoms with Gasteiger partial charge in [-0.1, -0.05) is 0 Å². The first-order valence-electron chi connectivity index (χ1n) is 3.85. The van der Waals surface area contributed by atoms with Gasteiger partial charge in [0.2, 0.25) is 0 Å². The van der Waals surface area contributed by atoms with E-state index in [0.717, 1.165) is 5.56 Å². The van der Waals surface area contributed by atoms with Gasteiger partial charge in [0.25, 0.3) is 5.69 Å². The van der Waals surface area contributed by atoms with Crippen LogP contribution >= 0.6 is 0 Å². The molecule has 0 aliphatic carbocycles. The number of hydrogen-bond donors (Lipinski definition) is 1. The van der Waals surface area contributed by atoms with E-state index < -0.39 is 4.92 Å². The van der Waals surface area contributed by atoms with Crippen molar-refractivity contribution >= 4 is 5.69 Å². The molecule has 5 nitrogen and oxygen atoms in total. The Kier molecular flexibility index (Phi) is 1.66. The summed E-state index contributed by atoms with van der Waals surface area (Å²) < 4.78 is 5.17. The Labute approximate surface area is 74.3 Å². The predicted octanol–water partition coefficient (Wildman–Crippen LogP) is 0.987. The summed E-state index contributed by atoms with van der Waals surface area (Å²) in [6.07, 6.45) is 0. The summed E-state index contributed by atoms with van der Waals surface area (Å²) in [6, 6.07) is 4.33. The summed E-state index contributed by atoms with van der Waals surface area (Å²) in [6.45, 7) is 0.399. The number of benzene rings is 1. The molecule has 1 atom stereocenters. The number of hydrogen-bond acceptors (Lipinski definition) is 4. The van der Waals surface area contributed by atoms with Crippen LogP contribution in [0.15, 0.2) is 18.2 Å². The summed E-state index contributed by atoms with van der Waals surface area (Å²) in [5, 5.41) is 10.4. The molecule has 1 heterocycles. The minimum absolute atomic E-state index is 0.0350. The molecule has 68 valence electrons. The molecule has 0 fully saturated rings. The van der Waals surface area contributed by atoms with Crippen molar-refractivity contribution in [1.29, 1.82) is 0 Å². The maximum atomic E-state index is 10.4. The summed E-state index contributed by atoms with van der Waals surface area (Å²) in [4.78, 5) is 9.95. The fourth-order valence-corrected chi connectivity index (χ4v) is 1.34. The molecule has 0 unspecified atom stereocenters. The van der Waals surface area contributed by atoms with Crippen LogP contribution in [-0.2, 0) is 0 Å². The summed E-state index contributed by atoms with van der Waals surface area (Å²) in [5.74, 6) is 0.529. The maximum Gasteiger partial charge on any atom is 0.273 e. The normalized spacial score (nSPS) is 19.3. The molecular formula is C8H8N2O3. The van der Waals surface area contributed by atoms with E-state index in [1.54, 1.807) is 6.07 Å². The molecule has 1 aliphatic rings. The zero-order chi connectivity index (χ0) is 9.42. The van der Waals surface area contributed by atoms with Crippen molar-refractivity contribution < 1.29 is 9.66 Å². The summed E-state index contributed by atoms with van der Waals surface area (Å²) in [5.41, 5.74) is 6.55. The van der Waals surface area contributed by atoms with E-state index in [1.807, 2.05) is 0 Å². The van der Waals surface area contributed by atoms with Crippen molar-refractivity contribution in [2.45, 2.75) is 6.04 Å². The first kappa shape index (κ1) is 8.00. The molecule has 0 spiro atoms. The van der Waals surface area contributed by atoms with Gasteiger partial charge in [-0.15, -0.1) is 0 Å². The quantitative estimate of drug-likeness (QED) is 0.516. The smallest absolute Gasteiger partial charge is 0.273 e. The highest BCUT2D eigenvalue weighted by Crippen LogP contribution is 2.33. The Bertz CT molecular complexity index is 364. The largest absolute Gasteiger partial charge is 0.491 e.